The van der Waals surface area contributed by atoms with Gasteiger partial charge in [0.1, 0.15) is 0 Å². The summed E-state index contributed by atoms with van der Waals surface area (Å²) in [4.78, 5) is 11.8. The highest BCUT2D eigenvalue weighted by Crippen LogP contribution is 1.99. The second-order valence-electron chi connectivity index (χ2n) is 4.69. The van der Waals surface area contributed by atoms with Crippen LogP contribution in [0.3, 0.4) is 0 Å². The molecule has 0 radical (unpaired) electrons. The summed E-state index contributed by atoms with van der Waals surface area (Å²) in [7, 11) is 0. The third kappa shape index (κ3) is 4.73. The van der Waals surface area contributed by atoms with Gasteiger partial charge in [-0.1, -0.05) is 13.0 Å². The average molecular weight is 236 g/mol. The van der Waals surface area contributed by atoms with Crippen molar-refractivity contribution in [1.82, 2.24) is 9.88 Å². The summed E-state index contributed by atoms with van der Waals surface area (Å²) in [6.45, 7) is 8.13. The van der Waals surface area contributed by atoms with Crippen molar-refractivity contribution < 1.29 is 0 Å². The molecule has 96 valence electrons. The van der Waals surface area contributed by atoms with Crippen LogP contribution in [-0.2, 0) is 6.54 Å². The van der Waals surface area contributed by atoms with E-state index in [0.29, 0.717) is 6.04 Å². The summed E-state index contributed by atoms with van der Waals surface area (Å²) in [6, 6.07) is 4.34. The smallest absolute Gasteiger partial charge is 0.253 e. The van der Waals surface area contributed by atoms with Crippen LogP contribution in [0, 0.1) is 6.92 Å². The summed E-state index contributed by atoms with van der Waals surface area (Å²) in [5.74, 6) is 0. The van der Waals surface area contributed by atoms with Crippen molar-refractivity contribution >= 4 is 0 Å². The molecule has 0 aliphatic rings. The van der Waals surface area contributed by atoms with Crippen LogP contribution in [0.15, 0.2) is 23.1 Å². The Morgan fingerprint density at radius 1 is 1.47 bits per heavy atom. The standard InChI is InChI=1S/C14H24N2O/c1-4-9-15-13(3)8-6-11-16-10-5-7-12(2)14(16)17/h5,7,10,13,15H,4,6,8-9,11H2,1-3H3. The maximum Gasteiger partial charge on any atom is 0.253 e. The lowest BCUT2D eigenvalue weighted by molar-refractivity contribution is 0.472. The van der Waals surface area contributed by atoms with E-state index in [1.54, 1.807) is 0 Å². The molecule has 1 aromatic rings. The molecule has 0 spiro atoms. The van der Waals surface area contributed by atoms with E-state index in [1.165, 1.54) is 6.42 Å². The zero-order chi connectivity index (χ0) is 12.7. The molecular formula is C14H24N2O. The molecule has 3 heteroatoms. The summed E-state index contributed by atoms with van der Waals surface area (Å²) >= 11 is 0. The van der Waals surface area contributed by atoms with Gasteiger partial charge in [0.25, 0.3) is 5.56 Å². The highest BCUT2D eigenvalue weighted by molar-refractivity contribution is 5.07. The monoisotopic (exact) mass is 236 g/mol. The van der Waals surface area contributed by atoms with Crippen LogP contribution in [0.4, 0.5) is 0 Å². The maximum atomic E-state index is 11.8. The lowest BCUT2D eigenvalue weighted by Crippen LogP contribution is -2.27. The van der Waals surface area contributed by atoms with Crippen molar-refractivity contribution in [2.24, 2.45) is 0 Å². The Kier molecular flexibility index (Phi) is 5.98. The van der Waals surface area contributed by atoms with Crippen LogP contribution in [0.25, 0.3) is 0 Å². The van der Waals surface area contributed by atoms with Gasteiger partial charge in [-0.25, -0.2) is 0 Å². The predicted octanol–water partition coefficient (Wildman–Crippen LogP) is 2.33. The van der Waals surface area contributed by atoms with E-state index < -0.39 is 0 Å². The Labute approximate surface area is 104 Å². The molecule has 0 fully saturated rings. The minimum Gasteiger partial charge on any atom is -0.315 e. The number of hydrogen-bond donors (Lipinski definition) is 1. The molecule has 1 aromatic heterocycles. The first kappa shape index (κ1) is 14.0. The largest absolute Gasteiger partial charge is 0.315 e. The second-order valence-corrected chi connectivity index (χ2v) is 4.69. The first-order valence-electron chi connectivity index (χ1n) is 6.54. The number of rotatable bonds is 7. The molecule has 0 aliphatic heterocycles. The van der Waals surface area contributed by atoms with Gasteiger partial charge < -0.3 is 9.88 Å². The van der Waals surface area contributed by atoms with Gasteiger partial charge in [-0.3, -0.25) is 4.79 Å². The Morgan fingerprint density at radius 3 is 2.94 bits per heavy atom. The predicted molar refractivity (Wildman–Crippen MR) is 72.4 cm³/mol. The van der Waals surface area contributed by atoms with Crippen LogP contribution in [-0.4, -0.2) is 17.2 Å². The van der Waals surface area contributed by atoms with Gasteiger partial charge in [-0.2, -0.15) is 0 Å². The average Bonchev–Trinajstić information content (AvgIpc) is 2.32. The fourth-order valence-corrected chi connectivity index (χ4v) is 1.89. The lowest BCUT2D eigenvalue weighted by atomic mass is 10.2. The zero-order valence-electron chi connectivity index (χ0n) is 11.2. The molecule has 0 saturated carbocycles. The van der Waals surface area contributed by atoms with Crippen LogP contribution in [0.5, 0.6) is 0 Å². The number of hydrogen-bond acceptors (Lipinski definition) is 2. The first-order valence-corrected chi connectivity index (χ1v) is 6.54. The van der Waals surface area contributed by atoms with Crippen molar-refractivity contribution in [1.29, 1.82) is 0 Å². The van der Waals surface area contributed by atoms with E-state index in [-0.39, 0.29) is 5.56 Å². The van der Waals surface area contributed by atoms with Crippen molar-refractivity contribution in [2.75, 3.05) is 6.54 Å². The molecule has 3 nitrogen and oxygen atoms in total. The molecule has 0 saturated heterocycles. The zero-order valence-corrected chi connectivity index (χ0v) is 11.2. The number of nitrogens with one attached hydrogen (secondary N) is 1. The first-order chi connectivity index (χ1) is 8.15. The Morgan fingerprint density at radius 2 is 2.24 bits per heavy atom. The van der Waals surface area contributed by atoms with Gasteiger partial charge >= 0.3 is 0 Å². The summed E-state index contributed by atoms with van der Waals surface area (Å²) in [5, 5.41) is 3.46. The SMILES string of the molecule is CCCNC(C)CCCn1cccc(C)c1=O. The molecule has 1 N–H and O–H groups in total. The van der Waals surface area contributed by atoms with Gasteiger partial charge in [0.05, 0.1) is 0 Å². The normalized spacial score (nSPS) is 12.6. The van der Waals surface area contributed by atoms with E-state index in [1.807, 2.05) is 29.8 Å². The van der Waals surface area contributed by atoms with Gasteiger partial charge in [-0.15, -0.1) is 0 Å². The van der Waals surface area contributed by atoms with Gasteiger partial charge in [0, 0.05) is 24.3 Å². The molecule has 1 unspecified atom stereocenters. The quantitative estimate of drug-likeness (QED) is 0.788. The van der Waals surface area contributed by atoms with Crippen molar-refractivity contribution in [2.45, 2.75) is 52.6 Å². The summed E-state index contributed by atoms with van der Waals surface area (Å²) in [6.07, 6.45) is 5.20. The van der Waals surface area contributed by atoms with E-state index in [4.69, 9.17) is 0 Å². The van der Waals surface area contributed by atoms with E-state index in [9.17, 15) is 4.79 Å². The van der Waals surface area contributed by atoms with Gasteiger partial charge in [-0.05, 0) is 45.7 Å². The third-order valence-electron chi connectivity index (χ3n) is 2.99. The number of nitrogens with zero attached hydrogens (tertiary/aromatic N) is 1. The molecule has 0 aliphatic carbocycles. The number of pyridine rings is 1. The Bertz CT molecular complexity index is 384. The molecular weight excluding hydrogens is 212 g/mol. The van der Waals surface area contributed by atoms with Gasteiger partial charge in [0.2, 0.25) is 0 Å². The van der Waals surface area contributed by atoms with Crippen molar-refractivity contribution in [3.63, 3.8) is 0 Å². The van der Waals surface area contributed by atoms with Crippen LogP contribution in [0.1, 0.15) is 38.7 Å². The molecule has 17 heavy (non-hydrogen) atoms. The van der Waals surface area contributed by atoms with Crippen molar-refractivity contribution in [3.05, 3.63) is 34.2 Å². The molecule has 1 atom stereocenters. The van der Waals surface area contributed by atoms with E-state index >= 15 is 0 Å². The molecule has 0 amide bonds. The van der Waals surface area contributed by atoms with Crippen LogP contribution < -0.4 is 10.9 Å². The summed E-state index contributed by atoms with van der Waals surface area (Å²) in [5.41, 5.74) is 0.964. The Hall–Kier alpha value is -1.09. The Balaban J connectivity index is 2.36. The molecule has 1 rings (SSSR count). The lowest BCUT2D eigenvalue weighted by Gasteiger charge is -2.13. The molecule has 1 heterocycles. The highest BCUT2D eigenvalue weighted by atomic mass is 16.1. The maximum absolute atomic E-state index is 11.8. The van der Waals surface area contributed by atoms with E-state index in [2.05, 4.69) is 19.2 Å². The topological polar surface area (TPSA) is 34.0 Å². The number of aromatic nitrogens is 1. The van der Waals surface area contributed by atoms with E-state index in [0.717, 1.165) is 31.5 Å². The van der Waals surface area contributed by atoms with Gasteiger partial charge in [0.15, 0.2) is 0 Å². The van der Waals surface area contributed by atoms with Crippen LogP contribution >= 0.6 is 0 Å². The second kappa shape index (κ2) is 7.28. The fourth-order valence-electron chi connectivity index (χ4n) is 1.89. The molecule has 0 bridgehead atoms. The summed E-state index contributed by atoms with van der Waals surface area (Å²) < 4.78 is 1.81. The minimum atomic E-state index is 0.140. The van der Waals surface area contributed by atoms with Crippen molar-refractivity contribution in [3.8, 4) is 0 Å². The highest BCUT2D eigenvalue weighted by Gasteiger charge is 2.02. The fraction of sp³-hybridized carbons (Fsp3) is 0.643. The number of aryl methyl sites for hydroxylation is 2. The molecule has 0 aromatic carbocycles. The van der Waals surface area contributed by atoms with Crippen LogP contribution in [0.2, 0.25) is 0 Å². The minimum absolute atomic E-state index is 0.140. The third-order valence-corrected chi connectivity index (χ3v) is 2.99.